The van der Waals surface area contributed by atoms with E-state index in [2.05, 4.69) is 10.3 Å². The van der Waals surface area contributed by atoms with Gasteiger partial charge in [0.05, 0.1) is 18.0 Å². The average molecular weight is 367 g/mol. The van der Waals surface area contributed by atoms with Crippen molar-refractivity contribution >= 4 is 23.4 Å². The first kappa shape index (κ1) is 17.5. The molecule has 1 aromatic heterocycles. The van der Waals surface area contributed by atoms with Crippen LogP contribution < -0.4 is 5.32 Å². The van der Waals surface area contributed by atoms with Crippen LogP contribution >= 0.6 is 0 Å². The molecule has 1 aliphatic heterocycles. The molecule has 1 aromatic carbocycles. The molecule has 2 fully saturated rings. The number of hydrogen-bond acceptors (Lipinski definition) is 5. The molecule has 2 aromatic rings. The van der Waals surface area contributed by atoms with Gasteiger partial charge in [-0.05, 0) is 25.0 Å². The number of hydrogen-bond donors (Lipinski definition) is 1. The number of oxazole rings is 1. The Hall–Kier alpha value is -2.96. The molecule has 1 saturated carbocycles. The quantitative estimate of drug-likeness (QED) is 0.821. The lowest BCUT2D eigenvalue weighted by molar-refractivity contribution is -0.140. The van der Waals surface area contributed by atoms with Gasteiger partial charge in [0.1, 0.15) is 0 Å². The fourth-order valence-corrected chi connectivity index (χ4v) is 4.00. The van der Waals surface area contributed by atoms with E-state index in [1.54, 1.807) is 18.3 Å². The van der Waals surface area contributed by atoms with E-state index in [9.17, 15) is 14.4 Å². The zero-order valence-electron chi connectivity index (χ0n) is 14.9. The van der Waals surface area contributed by atoms with Crippen LogP contribution in [-0.2, 0) is 14.4 Å². The Morgan fingerprint density at radius 2 is 1.93 bits per heavy atom. The van der Waals surface area contributed by atoms with E-state index < -0.39 is 0 Å². The number of carbonyl (C=O) groups excluding carboxylic acids is 3. The molecule has 2 atom stereocenters. The first-order chi connectivity index (χ1) is 13.1. The number of rotatable bonds is 5. The van der Waals surface area contributed by atoms with E-state index in [1.807, 2.05) is 12.1 Å². The van der Waals surface area contributed by atoms with Crippen molar-refractivity contribution in [3.63, 3.8) is 0 Å². The number of amides is 3. The van der Waals surface area contributed by atoms with Crippen molar-refractivity contribution in [1.29, 1.82) is 0 Å². The molecule has 4 rings (SSSR count). The highest BCUT2D eigenvalue weighted by Gasteiger charge is 2.47. The van der Waals surface area contributed by atoms with Crippen LogP contribution in [0.3, 0.4) is 0 Å². The lowest BCUT2D eigenvalue weighted by Gasteiger charge is -2.19. The van der Waals surface area contributed by atoms with Gasteiger partial charge in [0.25, 0.3) is 0 Å². The second-order valence-electron chi connectivity index (χ2n) is 7.07. The van der Waals surface area contributed by atoms with Crippen LogP contribution in [0.5, 0.6) is 0 Å². The first-order valence-corrected chi connectivity index (χ1v) is 9.27. The fraction of sp³-hybridized carbons (Fsp3) is 0.400. The maximum absolute atomic E-state index is 12.5. The van der Waals surface area contributed by atoms with Gasteiger partial charge in [0, 0.05) is 24.2 Å². The van der Waals surface area contributed by atoms with Crippen LogP contribution in [0.25, 0.3) is 11.3 Å². The largest absolute Gasteiger partial charge is 0.444 e. The van der Waals surface area contributed by atoms with Crippen LogP contribution in [0, 0.1) is 11.8 Å². The van der Waals surface area contributed by atoms with Crippen LogP contribution in [0.15, 0.2) is 41.3 Å². The monoisotopic (exact) mass is 367 g/mol. The third kappa shape index (κ3) is 3.49. The number of fused-ring (bicyclic) bond motifs is 1. The van der Waals surface area contributed by atoms with Gasteiger partial charge in [0.15, 0.2) is 12.2 Å². The maximum Gasteiger partial charge on any atom is 0.233 e. The summed E-state index contributed by atoms with van der Waals surface area (Å²) in [5.74, 6) is -0.183. The number of carbonyl (C=O) groups is 3. The van der Waals surface area contributed by atoms with Gasteiger partial charge in [-0.2, -0.15) is 0 Å². The minimum Gasteiger partial charge on any atom is -0.444 e. The molecule has 1 N–H and O–H groups in total. The molecule has 1 saturated heterocycles. The number of likely N-dealkylation sites (tertiary alicyclic amines) is 1. The molecule has 7 nitrogen and oxygen atoms in total. The SMILES string of the molecule is O=C(CCN1C(=O)C2CCCCC2C1=O)Nc1cccc(-c2cnco2)c1. The van der Waals surface area contributed by atoms with E-state index in [4.69, 9.17) is 4.42 Å². The Bertz CT molecular complexity index is 838. The van der Waals surface area contributed by atoms with Crippen molar-refractivity contribution in [2.75, 3.05) is 11.9 Å². The molecule has 140 valence electrons. The molecule has 7 heteroatoms. The molecule has 0 radical (unpaired) electrons. The van der Waals surface area contributed by atoms with Crippen molar-refractivity contribution in [2.45, 2.75) is 32.1 Å². The molecule has 2 heterocycles. The summed E-state index contributed by atoms with van der Waals surface area (Å²) in [5.41, 5.74) is 1.43. The molecule has 3 amide bonds. The third-order valence-corrected chi connectivity index (χ3v) is 5.36. The summed E-state index contributed by atoms with van der Waals surface area (Å²) in [5, 5.41) is 2.81. The molecule has 0 spiro atoms. The summed E-state index contributed by atoms with van der Waals surface area (Å²) in [6, 6.07) is 7.24. The Morgan fingerprint density at radius 1 is 1.19 bits per heavy atom. The second-order valence-corrected chi connectivity index (χ2v) is 7.07. The van der Waals surface area contributed by atoms with E-state index in [0.717, 1.165) is 31.2 Å². The molecule has 2 aliphatic rings. The highest BCUT2D eigenvalue weighted by Crippen LogP contribution is 2.38. The Morgan fingerprint density at radius 3 is 2.59 bits per heavy atom. The molecule has 2 unspecified atom stereocenters. The summed E-state index contributed by atoms with van der Waals surface area (Å²) < 4.78 is 5.26. The van der Waals surface area contributed by atoms with Gasteiger partial charge in [-0.3, -0.25) is 19.3 Å². The standard InChI is InChI=1S/C20H21N3O4/c24-18(22-14-5-3-4-13(10-14)17-11-21-12-27-17)8-9-23-19(25)15-6-1-2-7-16(15)20(23)26/h3-5,10-12,15-16H,1-2,6-9H2,(H,22,24). The van der Waals surface area contributed by atoms with Crippen LogP contribution in [0.1, 0.15) is 32.1 Å². The number of nitrogens with zero attached hydrogens (tertiary/aromatic N) is 2. The lowest BCUT2D eigenvalue weighted by atomic mass is 9.81. The van der Waals surface area contributed by atoms with Gasteiger partial charge in [-0.1, -0.05) is 25.0 Å². The maximum atomic E-state index is 12.5. The Kier molecular flexibility index (Phi) is 4.75. The Balaban J connectivity index is 1.36. The average Bonchev–Trinajstić information content (AvgIpc) is 3.29. The molecule has 27 heavy (non-hydrogen) atoms. The topological polar surface area (TPSA) is 92.5 Å². The molecule has 1 aliphatic carbocycles. The fourth-order valence-electron chi connectivity index (χ4n) is 4.00. The van der Waals surface area contributed by atoms with Crippen LogP contribution in [0.2, 0.25) is 0 Å². The number of benzene rings is 1. The predicted molar refractivity (Wildman–Crippen MR) is 97.4 cm³/mol. The Labute approximate surface area is 156 Å². The lowest BCUT2D eigenvalue weighted by Crippen LogP contribution is -2.34. The normalized spacial score (nSPS) is 22.0. The van der Waals surface area contributed by atoms with Crippen molar-refractivity contribution in [1.82, 2.24) is 9.88 Å². The van der Waals surface area contributed by atoms with E-state index in [0.29, 0.717) is 11.4 Å². The zero-order chi connectivity index (χ0) is 18.8. The van der Waals surface area contributed by atoms with Gasteiger partial charge in [0.2, 0.25) is 17.7 Å². The van der Waals surface area contributed by atoms with Crippen molar-refractivity contribution < 1.29 is 18.8 Å². The minimum atomic E-state index is -0.236. The van der Waals surface area contributed by atoms with Crippen LogP contribution in [-0.4, -0.2) is 34.2 Å². The summed E-state index contributed by atoms with van der Waals surface area (Å²) in [7, 11) is 0. The molecular weight excluding hydrogens is 346 g/mol. The van der Waals surface area contributed by atoms with Crippen molar-refractivity contribution in [2.24, 2.45) is 11.8 Å². The van der Waals surface area contributed by atoms with Gasteiger partial charge < -0.3 is 9.73 Å². The van der Waals surface area contributed by atoms with Gasteiger partial charge >= 0.3 is 0 Å². The zero-order valence-corrected chi connectivity index (χ0v) is 14.9. The number of nitrogens with one attached hydrogen (secondary N) is 1. The summed E-state index contributed by atoms with van der Waals surface area (Å²) in [6.07, 6.45) is 6.60. The van der Waals surface area contributed by atoms with Gasteiger partial charge in [-0.15, -0.1) is 0 Å². The summed E-state index contributed by atoms with van der Waals surface area (Å²) in [6.45, 7) is 0.137. The highest BCUT2D eigenvalue weighted by atomic mass is 16.3. The molecule has 0 bridgehead atoms. The number of anilines is 1. The smallest absolute Gasteiger partial charge is 0.233 e. The third-order valence-electron chi connectivity index (χ3n) is 5.36. The van der Waals surface area contributed by atoms with E-state index in [1.165, 1.54) is 11.3 Å². The van der Waals surface area contributed by atoms with E-state index in [-0.39, 0.29) is 42.5 Å². The van der Waals surface area contributed by atoms with E-state index >= 15 is 0 Å². The van der Waals surface area contributed by atoms with Crippen molar-refractivity contribution in [3.05, 3.63) is 36.9 Å². The second kappa shape index (κ2) is 7.34. The van der Waals surface area contributed by atoms with Crippen molar-refractivity contribution in [3.8, 4) is 11.3 Å². The predicted octanol–water partition coefficient (Wildman–Crippen LogP) is 2.85. The number of imide groups is 1. The minimum absolute atomic E-state index is 0.0868. The highest BCUT2D eigenvalue weighted by molar-refractivity contribution is 6.05. The summed E-state index contributed by atoms with van der Waals surface area (Å²) >= 11 is 0. The summed E-state index contributed by atoms with van der Waals surface area (Å²) in [4.78, 5) is 42.4. The molecular formula is C20H21N3O4. The van der Waals surface area contributed by atoms with Gasteiger partial charge in [-0.25, -0.2) is 4.98 Å². The first-order valence-electron chi connectivity index (χ1n) is 9.27. The van der Waals surface area contributed by atoms with Crippen LogP contribution in [0.4, 0.5) is 5.69 Å². The number of aromatic nitrogens is 1.